The highest BCUT2D eigenvalue weighted by Gasteiger charge is 2.12. The molecule has 1 unspecified atom stereocenters. The van der Waals surface area contributed by atoms with E-state index in [1.807, 2.05) is 6.92 Å². The molecule has 62 valence electrons. The van der Waals surface area contributed by atoms with Gasteiger partial charge in [0.25, 0.3) is 0 Å². The lowest BCUT2D eigenvalue weighted by atomic mass is 10.3. The van der Waals surface area contributed by atoms with Crippen LogP contribution in [0.5, 0.6) is 0 Å². The summed E-state index contributed by atoms with van der Waals surface area (Å²) < 4.78 is 0. The summed E-state index contributed by atoms with van der Waals surface area (Å²) in [4.78, 5) is 2.05. The Morgan fingerprint density at radius 3 is 2.20 bits per heavy atom. The first-order valence-corrected chi connectivity index (χ1v) is 3.43. The minimum Gasteiger partial charge on any atom is -0.379 e. The second kappa shape index (κ2) is 4.62. The predicted molar refractivity (Wildman–Crippen MR) is 41.1 cm³/mol. The molecule has 10 heavy (non-hydrogen) atoms. The molecule has 0 saturated carbocycles. The lowest BCUT2D eigenvalue weighted by Gasteiger charge is -2.29. The molecule has 1 heterocycles. The van der Waals surface area contributed by atoms with Crippen LogP contribution in [-0.2, 0) is 0 Å². The van der Waals surface area contributed by atoms with E-state index in [4.69, 9.17) is 5.11 Å². The number of piperazine rings is 1. The molecule has 0 aromatic heterocycles. The predicted octanol–water partition coefficient (Wildman–Crippen LogP) is -0.608. The third-order valence-corrected chi connectivity index (χ3v) is 1.68. The van der Waals surface area contributed by atoms with Gasteiger partial charge in [0.2, 0.25) is 0 Å². The van der Waals surface area contributed by atoms with Gasteiger partial charge < -0.3 is 16.6 Å². The van der Waals surface area contributed by atoms with Crippen molar-refractivity contribution in [3.63, 3.8) is 0 Å². The molecule has 1 atom stereocenters. The van der Waals surface area contributed by atoms with Crippen LogP contribution < -0.4 is 11.5 Å². The van der Waals surface area contributed by atoms with Gasteiger partial charge in [-0.3, -0.25) is 4.90 Å². The Kier molecular flexibility index (Phi) is 4.55. The van der Waals surface area contributed by atoms with E-state index < -0.39 is 0 Å². The van der Waals surface area contributed by atoms with Crippen LogP contribution >= 0.6 is 0 Å². The third-order valence-electron chi connectivity index (χ3n) is 1.68. The summed E-state index contributed by atoms with van der Waals surface area (Å²) in [7, 11) is 0. The molecule has 1 saturated heterocycles. The van der Waals surface area contributed by atoms with Crippen LogP contribution in [0.25, 0.3) is 0 Å². The average molecular weight is 147 g/mol. The smallest absolute Gasteiger partial charge is 0.104 e. The van der Waals surface area contributed by atoms with Crippen LogP contribution in [0.1, 0.15) is 6.92 Å². The zero-order valence-electron chi connectivity index (χ0n) is 6.51. The molecule has 4 heteroatoms. The van der Waals surface area contributed by atoms with Gasteiger partial charge in [-0.1, -0.05) is 0 Å². The summed E-state index contributed by atoms with van der Waals surface area (Å²) in [5.74, 6) is 0. The molecule has 0 aromatic rings. The molecule has 1 rings (SSSR count). The number of nitrogens with zero attached hydrogens (tertiary/aromatic N) is 1. The zero-order chi connectivity index (χ0) is 6.69. The minimum atomic E-state index is -0.271. The molecule has 1 fully saturated rings. The van der Waals surface area contributed by atoms with E-state index in [0.29, 0.717) is 0 Å². The normalized spacial score (nSPS) is 23.4. The number of hydrogen-bond donors (Lipinski definition) is 3. The van der Waals surface area contributed by atoms with Gasteiger partial charge in [0, 0.05) is 26.2 Å². The van der Waals surface area contributed by atoms with Crippen molar-refractivity contribution in [3.05, 3.63) is 0 Å². The molecule has 5 N–H and O–H groups in total. The first-order valence-electron chi connectivity index (χ1n) is 3.43. The fraction of sp³-hybridized carbons (Fsp3) is 1.00. The molecule has 0 aromatic carbocycles. The van der Waals surface area contributed by atoms with Gasteiger partial charge in [0.15, 0.2) is 0 Å². The van der Waals surface area contributed by atoms with Crippen molar-refractivity contribution in [2.45, 2.75) is 13.2 Å². The van der Waals surface area contributed by atoms with Gasteiger partial charge in [-0.15, -0.1) is 0 Å². The Labute approximate surface area is 61.8 Å². The molecule has 4 nitrogen and oxygen atoms in total. The first-order chi connectivity index (χ1) is 4.30. The van der Waals surface area contributed by atoms with Gasteiger partial charge in [-0.25, -0.2) is 0 Å². The third kappa shape index (κ3) is 2.62. The Morgan fingerprint density at radius 1 is 1.40 bits per heavy atom. The van der Waals surface area contributed by atoms with E-state index in [0.717, 1.165) is 26.2 Å². The number of aliphatic hydroxyl groups excluding tert-OH is 1. The van der Waals surface area contributed by atoms with Gasteiger partial charge in [0.05, 0.1) is 0 Å². The van der Waals surface area contributed by atoms with Crippen molar-refractivity contribution < 1.29 is 5.11 Å². The fourth-order valence-corrected chi connectivity index (χ4v) is 1.06. The van der Waals surface area contributed by atoms with Crippen LogP contribution in [0.2, 0.25) is 0 Å². The van der Waals surface area contributed by atoms with Crippen LogP contribution in [0.3, 0.4) is 0 Å². The number of aliphatic hydroxyl groups is 1. The number of rotatable bonds is 1. The summed E-state index contributed by atoms with van der Waals surface area (Å²) in [6.07, 6.45) is -0.271. The van der Waals surface area contributed by atoms with Crippen molar-refractivity contribution in [1.82, 2.24) is 16.4 Å². The molecule has 1 aliphatic heterocycles. The summed E-state index contributed by atoms with van der Waals surface area (Å²) >= 11 is 0. The molecular formula is C6H17N3O. The lowest BCUT2D eigenvalue weighted by Crippen LogP contribution is -2.47. The Balaban J connectivity index is 0.000000810. The van der Waals surface area contributed by atoms with Gasteiger partial charge >= 0.3 is 0 Å². The number of nitrogens with one attached hydrogen (secondary N) is 1. The highest BCUT2D eigenvalue weighted by Crippen LogP contribution is 1.95. The van der Waals surface area contributed by atoms with Gasteiger partial charge in [-0.2, -0.15) is 0 Å². The topological polar surface area (TPSA) is 70.5 Å². The van der Waals surface area contributed by atoms with E-state index in [1.165, 1.54) is 0 Å². The van der Waals surface area contributed by atoms with E-state index >= 15 is 0 Å². The highest BCUT2D eigenvalue weighted by atomic mass is 16.3. The van der Waals surface area contributed by atoms with Crippen molar-refractivity contribution in [1.29, 1.82) is 0 Å². The zero-order valence-corrected chi connectivity index (χ0v) is 6.51. The summed E-state index contributed by atoms with van der Waals surface area (Å²) in [6, 6.07) is 0. The SMILES string of the molecule is CC(O)N1CCNCC1.N. The minimum absolute atomic E-state index is 0. The van der Waals surface area contributed by atoms with Crippen LogP contribution in [0.4, 0.5) is 0 Å². The first kappa shape index (κ1) is 9.84. The van der Waals surface area contributed by atoms with Crippen LogP contribution in [0.15, 0.2) is 0 Å². The van der Waals surface area contributed by atoms with E-state index in [1.54, 1.807) is 0 Å². The number of hydrogen-bond acceptors (Lipinski definition) is 4. The average Bonchev–Trinajstić information content (AvgIpc) is 1.90. The fourth-order valence-electron chi connectivity index (χ4n) is 1.06. The molecule has 0 spiro atoms. The van der Waals surface area contributed by atoms with Gasteiger partial charge in [0.1, 0.15) is 6.23 Å². The molecule has 1 aliphatic rings. The Bertz CT molecular complexity index is 81.1. The lowest BCUT2D eigenvalue weighted by molar-refractivity contribution is 0.0112. The van der Waals surface area contributed by atoms with Crippen LogP contribution in [0, 0.1) is 0 Å². The molecule has 0 radical (unpaired) electrons. The molecular weight excluding hydrogens is 130 g/mol. The van der Waals surface area contributed by atoms with E-state index in [2.05, 4.69) is 10.2 Å². The molecule has 0 bridgehead atoms. The maximum atomic E-state index is 9.08. The van der Waals surface area contributed by atoms with Crippen molar-refractivity contribution in [3.8, 4) is 0 Å². The maximum Gasteiger partial charge on any atom is 0.104 e. The Morgan fingerprint density at radius 2 is 1.90 bits per heavy atom. The molecule has 0 amide bonds. The summed E-state index contributed by atoms with van der Waals surface area (Å²) in [6.45, 7) is 5.76. The molecule has 0 aliphatic carbocycles. The monoisotopic (exact) mass is 147 g/mol. The standard InChI is InChI=1S/C6H14N2O.H3N/c1-6(9)8-4-2-7-3-5-8;/h6-7,9H,2-5H2,1H3;1H3. The van der Waals surface area contributed by atoms with E-state index in [-0.39, 0.29) is 12.4 Å². The largest absolute Gasteiger partial charge is 0.379 e. The second-order valence-corrected chi connectivity index (χ2v) is 2.42. The second-order valence-electron chi connectivity index (χ2n) is 2.42. The van der Waals surface area contributed by atoms with Crippen molar-refractivity contribution >= 4 is 0 Å². The van der Waals surface area contributed by atoms with Gasteiger partial charge in [-0.05, 0) is 6.92 Å². The van der Waals surface area contributed by atoms with Crippen LogP contribution in [-0.4, -0.2) is 42.4 Å². The highest BCUT2D eigenvalue weighted by molar-refractivity contribution is 4.67. The van der Waals surface area contributed by atoms with E-state index in [9.17, 15) is 0 Å². The van der Waals surface area contributed by atoms with Crippen molar-refractivity contribution in [2.24, 2.45) is 0 Å². The quantitative estimate of drug-likeness (QED) is 0.463. The summed E-state index contributed by atoms with van der Waals surface area (Å²) in [5, 5.41) is 12.3. The summed E-state index contributed by atoms with van der Waals surface area (Å²) in [5.41, 5.74) is 0. The Hall–Kier alpha value is -0.160. The van der Waals surface area contributed by atoms with Crippen molar-refractivity contribution in [2.75, 3.05) is 26.2 Å². The maximum absolute atomic E-state index is 9.08.